The molecule has 66 valence electrons. The summed E-state index contributed by atoms with van der Waals surface area (Å²) in [5.41, 5.74) is -0.681. The summed E-state index contributed by atoms with van der Waals surface area (Å²) in [6, 6.07) is 0. The number of carbonyl (C=O) groups is 1. The fraction of sp³-hybridized carbons (Fsp3) is 0.857. The van der Waals surface area contributed by atoms with Crippen molar-refractivity contribution in [2.45, 2.75) is 38.2 Å². The van der Waals surface area contributed by atoms with Gasteiger partial charge in [0.1, 0.15) is 0 Å². The number of ether oxygens (including phenoxy) is 1. The third kappa shape index (κ3) is 7.46. The van der Waals surface area contributed by atoms with E-state index in [0.717, 1.165) is 19.3 Å². The Morgan fingerprint density at radius 1 is 1.64 bits per heavy atom. The van der Waals surface area contributed by atoms with E-state index in [2.05, 4.69) is 11.7 Å². The molecule has 0 radical (unpaired) electrons. The van der Waals surface area contributed by atoms with Crippen LogP contribution in [-0.2, 0) is 4.74 Å². The Balaban J connectivity index is 3.22. The zero-order chi connectivity index (χ0) is 8.69. The summed E-state index contributed by atoms with van der Waals surface area (Å²) in [4.78, 5) is 9.94. The number of halogens is 1. The molecule has 0 fully saturated rings. The molecule has 0 amide bonds. The molecule has 4 heteroatoms. The van der Waals surface area contributed by atoms with Gasteiger partial charge in [0, 0.05) is 0 Å². The van der Waals surface area contributed by atoms with Gasteiger partial charge in [-0.3, -0.25) is 0 Å². The standard InChI is InChI=1S/C7H13ClO3/c1-2-3-4-5-6(8)11-7(9)10/h6H,2-5H2,1H3,(H,9,10). The summed E-state index contributed by atoms with van der Waals surface area (Å²) in [5, 5.41) is 8.13. The average molecular weight is 181 g/mol. The lowest BCUT2D eigenvalue weighted by Gasteiger charge is -2.06. The molecule has 0 aliphatic rings. The molecule has 0 aromatic rings. The number of rotatable bonds is 5. The highest BCUT2D eigenvalue weighted by molar-refractivity contribution is 6.20. The predicted molar refractivity (Wildman–Crippen MR) is 42.9 cm³/mol. The van der Waals surface area contributed by atoms with Gasteiger partial charge in [-0.25, -0.2) is 4.79 Å². The minimum absolute atomic E-state index is 0.599. The highest BCUT2D eigenvalue weighted by Crippen LogP contribution is 2.10. The van der Waals surface area contributed by atoms with Crippen molar-refractivity contribution >= 4 is 17.8 Å². The summed E-state index contributed by atoms with van der Waals surface area (Å²) in [6.45, 7) is 2.07. The van der Waals surface area contributed by atoms with Crippen molar-refractivity contribution in [3.05, 3.63) is 0 Å². The second-order valence-electron chi connectivity index (χ2n) is 2.29. The molecule has 0 aliphatic carbocycles. The lowest BCUT2D eigenvalue weighted by atomic mass is 10.2. The Morgan fingerprint density at radius 3 is 2.73 bits per heavy atom. The van der Waals surface area contributed by atoms with Gasteiger partial charge >= 0.3 is 6.16 Å². The highest BCUT2D eigenvalue weighted by atomic mass is 35.5. The summed E-state index contributed by atoms with van der Waals surface area (Å²) < 4.78 is 4.28. The number of alkyl halides is 1. The number of carboxylic acid groups (broad SMARTS) is 1. The molecule has 0 aliphatic heterocycles. The first-order valence-electron chi connectivity index (χ1n) is 3.70. The average Bonchev–Trinajstić information content (AvgIpc) is 1.86. The minimum Gasteiger partial charge on any atom is -0.450 e. The first-order valence-corrected chi connectivity index (χ1v) is 4.14. The number of unbranched alkanes of at least 4 members (excludes halogenated alkanes) is 2. The molecular weight excluding hydrogens is 168 g/mol. The van der Waals surface area contributed by atoms with Gasteiger partial charge in [-0.1, -0.05) is 31.4 Å². The zero-order valence-corrected chi connectivity index (χ0v) is 7.30. The first kappa shape index (κ1) is 10.6. The Labute approximate surface area is 71.3 Å². The monoisotopic (exact) mass is 180 g/mol. The second kappa shape index (κ2) is 6.28. The lowest BCUT2D eigenvalue weighted by molar-refractivity contribution is 0.0766. The topological polar surface area (TPSA) is 46.5 Å². The van der Waals surface area contributed by atoms with E-state index in [4.69, 9.17) is 16.7 Å². The maximum absolute atomic E-state index is 9.94. The van der Waals surface area contributed by atoms with Gasteiger partial charge in [0.15, 0.2) is 5.56 Å². The van der Waals surface area contributed by atoms with Crippen molar-refractivity contribution in [3.8, 4) is 0 Å². The zero-order valence-electron chi connectivity index (χ0n) is 6.55. The first-order chi connectivity index (χ1) is 5.16. The Hall–Kier alpha value is -0.440. The summed E-state index contributed by atoms with van der Waals surface area (Å²) in [5.74, 6) is 0. The molecule has 0 aromatic heterocycles. The van der Waals surface area contributed by atoms with Crippen LogP contribution in [0, 0.1) is 0 Å². The van der Waals surface area contributed by atoms with Gasteiger partial charge in [0.2, 0.25) is 0 Å². The van der Waals surface area contributed by atoms with Crippen LogP contribution in [0.5, 0.6) is 0 Å². The molecule has 11 heavy (non-hydrogen) atoms. The van der Waals surface area contributed by atoms with Crippen LogP contribution in [0.15, 0.2) is 0 Å². The number of hydrogen-bond acceptors (Lipinski definition) is 2. The molecule has 3 nitrogen and oxygen atoms in total. The van der Waals surface area contributed by atoms with Crippen molar-refractivity contribution in [2.75, 3.05) is 0 Å². The number of hydrogen-bond donors (Lipinski definition) is 1. The molecule has 1 N–H and O–H groups in total. The van der Waals surface area contributed by atoms with Gasteiger partial charge in [0.05, 0.1) is 0 Å². The van der Waals surface area contributed by atoms with E-state index in [1.807, 2.05) is 0 Å². The van der Waals surface area contributed by atoms with Crippen molar-refractivity contribution < 1.29 is 14.6 Å². The maximum Gasteiger partial charge on any atom is 0.507 e. The van der Waals surface area contributed by atoms with E-state index >= 15 is 0 Å². The lowest BCUT2D eigenvalue weighted by Crippen LogP contribution is -2.09. The van der Waals surface area contributed by atoms with E-state index in [0.29, 0.717) is 6.42 Å². The van der Waals surface area contributed by atoms with E-state index in [-0.39, 0.29) is 0 Å². The van der Waals surface area contributed by atoms with Crippen LogP contribution in [0.4, 0.5) is 4.79 Å². The van der Waals surface area contributed by atoms with Gasteiger partial charge in [-0.15, -0.1) is 0 Å². The summed E-state index contributed by atoms with van der Waals surface area (Å²) in [6.07, 6.45) is 2.37. The van der Waals surface area contributed by atoms with E-state index in [1.165, 1.54) is 0 Å². The normalized spacial score (nSPS) is 12.5. The van der Waals surface area contributed by atoms with Crippen LogP contribution < -0.4 is 0 Å². The summed E-state index contributed by atoms with van der Waals surface area (Å²) >= 11 is 5.51. The van der Waals surface area contributed by atoms with Crippen LogP contribution >= 0.6 is 11.6 Å². The third-order valence-electron chi connectivity index (χ3n) is 1.26. The second-order valence-corrected chi connectivity index (χ2v) is 2.78. The van der Waals surface area contributed by atoms with Crippen molar-refractivity contribution in [1.29, 1.82) is 0 Å². The molecule has 0 saturated heterocycles. The molecule has 0 heterocycles. The van der Waals surface area contributed by atoms with E-state index in [9.17, 15) is 4.79 Å². The fourth-order valence-electron chi connectivity index (χ4n) is 0.723. The molecular formula is C7H13ClO3. The Morgan fingerprint density at radius 2 is 2.27 bits per heavy atom. The van der Waals surface area contributed by atoms with Crippen molar-refractivity contribution in [2.24, 2.45) is 0 Å². The molecule has 1 unspecified atom stereocenters. The SMILES string of the molecule is CCCCCC(Cl)OC(=O)O. The molecule has 0 bridgehead atoms. The quantitative estimate of drug-likeness (QED) is 0.402. The van der Waals surface area contributed by atoms with Gasteiger partial charge in [-0.2, -0.15) is 0 Å². The molecule has 0 rings (SSSR count). The smallest absolute Gasteiger partial charge is 0.450 e. The van der Waals surface area contributed by atoms with Crippen molar-refractivity contribution in [3.63, 3.8) is 0 Å². The van der Waals surface area contributed by atoms with Gasteiger partial charge < -0.3 is 9.84 Å². The summed E-state index contributed by atoms with van der Waals surface area (Å²) in [7, 11) is 0. The van der Waals surface area contributed by atoms with Crippen LogP contribution in [0.2, 0.25) is 0 Å². The van der Waals surface area contributed by atoms with Crippen LogP contribution in [0.25, 0.3) is 0 Å². The van der Waals surface area contributed by atoms with Gasteiger partial charge in [0.25, 0.3) is 0 Å². The van der Waals surface area contributed by atoms with Crippen LogP contribution in [-0.4, -0.2) is 16.8 Å². The van der Waals surface area contributed by atoms with Gasteiger partial charge in [-0.05, 0) is 12.8 Å². The fourth-order valence-corrected chi connectivity index (χ4v) is 0.954. The predicted octanol–water partition coefficient (Wildman–Crippen LogP) is 2.83. The minimum atomic E-state index is -1.30. The molecule has 1 atom stereocenters. The third-order valence-corrected chi connectivity index (χ3v) is 1.57. The van der Waals surface area contributed by atoms with Crippen LogP contribution in [0.3, 0.4) is 0 Å². The Bertz CT molecular complexity index is 116. The van der Waals surface area contributed by atoms with E-state index < -0.39 is 11.7 Å². The highest BCUT2D eigenvalue weighted by Gasteiger charge is 2.07. The maximum atomic E-state index is 9.94. The molecule has 0 aromatic carbocycles. The molecule has 0 spiro atoms. The largest absolute Gasteiger partial charge is 0.507 e. The van der Waals surface area contributed by atoms with E-state index in [1.54, 1.807) is 0 Å². The molecule has 0 saturated carbocycles. The Kier molecular flexibility index (Phi) is 6.03. The van der Waals surface area contributed by atoms with Crippen molar-refractivity contribution in [1.82, 2.24) is 0 Å². The van der Waals surface area contributed by atoms with Crippen LogP contribution in [0.1, 0.15) is 32.6 Å².